The first-order chi connectivity index (χ1) is 3.79. The van der Waals surface area contributed by atoms with Gasteiger partial charge in [-0.15, -0.1) is 0 Å². The van der Waals surface area contributed by atoms with Crippen LogP contribution in [0.3, 0.4) is 0 Å². The molecular formula is C5H4FN2. The highest BCUT2D eigenvalue weighted by molar-refractivity contribution is 5.21. The molecule has 0 aliphatic carbocycles. The number of rotatable bonds is 0. The van der Waals surface area contributed by atoms with E-state index in [1.165, 1.54) is 12.1 Å². The molecule has 41 valence electrons. The maximum absolute atomic E-state index is 11.9. The van der Waals surface area contributed by atoms with Gasteiger partial charge in [0.05, 0.1) is 6.20 Å². The van der Waals surface area contributed by atoms with Crippen LogP contribution in [0, 0.1) is 5.82 Å². The average Bonchev–Trinajstić information content (AvgIpc) is 1.77. The summed E-state index contributed by atoms with van der Waals surface area (Å²) < 4.78 is 11.9. The highest BCUT2D eigenvalue weighted by atomic mass is 19.1. The molecule has 0 aromatic carbocycles. The van der Waals surface area contributed by atoms with Gasteiger partial charge in [0.15, 0.2) is 0 Å². The Hall–Kier alpha value is -1.12. The minimum atomic E-state index is -0.402. The lowest BCUT2D eigenvalue weighted by molar-refractivity contribution is 0.621. The molecule has 0 aliphatic heterocycles. The van der Waals surface area contributed by atoms with Crippen LogP contribution in [0.4, 0.5) is 10.2 Å². The lowest BCUT2D eigenvalue weighted by Gasteiger charge is -1.85. The fourth-order valence-electron chi connectivity index (χ4n) is 0.376. The second-order valence-corrected chi connectivity index (χ2v) is 1.36. The summed E-state index contributed by atoms with van der Waals surface area (Å²) in [6, 6.07) is 2.50. The Balaban J connectivity index is 3.03. The third-order valence-electron chi connectivity index (χ3n) is 0.727. The van der Waals surface area contributed by atoms with Crippen LogP contribution in [0.15, 0.2) is 18.3 Å². The van der Waals surface area contributed by atoms with E-state index in [4.69, 9.17) is 5.73 Å². The molecule has 0 saturated heterocycles. The minimum Gasteiger partial charge on any atom is -0.283 e. The van der Waals surface area contributed by atoms with Crippen molar-refractivity contribution < 1.29 is 4.39 Å². The van der Waals surface area contributed by atoms with Crippen molar-refractivity contribution in [1.82, 2.24) is 10.7 Å². The van der Waals surface area contributed by atoms with E-state index >= 15 is 0 Å². The van der Waals surface area contributed by atoms with Crippen molar-refractivity contribution in [3.8, 4) is 0 Å². The normalized spacial score (nSPS) is 9.12. The van der Waals surface area contributed by atoms with Crippen molar-refractivity contribution in [3.63, 3.8) is 0 Å². The zero-order chi connectivity index (χ0) is 5.98. The first-order valence-corrected chi connectivity index (χ1v) is 2.12. The summed E-state index contributed by atoms with van der Waals surface area (Å²) in [5.41, 5.74) is 6.81. The second-order valence-electron chi connectivity index (χ2n) is 1.36. The van der Waals surface area contributed by atoms with E-state index in [0.717, 1.165) is 6.20 Å². The Kier molecular flexibility index (Phi) is 1.12. The summed E-state index contributed by atoms with van der Waals surface area (Å²) in [5, 5.41) is 0. The Morgan fingerprint density at radius 2 is 2.25 bits per heavy atom. The van der Waals surface area contributed by atoms with Crippen molar-refractivity contribution >= 4 is 5.82 Å². The van der Waals surface area contributed by atoms with Crippen LogP contribution in [0.1, 0.15) is 0 Å². The Morgan fingerprint density at radius 3 is 2.62 bits per heavy atom. The van der Waals surface area contributed by atoms with Crippen LogP contribution in [-0.4, -0.2) is 4.98 Å². The zero-order valence-electron chi connectivity index (χ0n) is 4.06. The molecule has 8 heavy (non-hydrogen) atoms. The van der Waals surface area contributed by atoms with Crippen LogP contribution in [-0.2, 0) is 0 Å². The maximum atomic E-state index is 11.9. The highest BCUT2D eigenvalue weighted by Gasteiger charge is 1.86. The van der Waals surface area contributed by atoms with E-state index in [9.17, 15) is 4.39 Å². The standard InChI is InChI=1S/C5H4FN2/c6-4-1-2-5(7)8-3-4/h1-3,7H. The molecule has 0 bridgehead atoms. The first-order valence-electron chi connectivity index (χ1n) is 2.12. The number of halogens is 1. The average molecular weight is 111 g/mol. The van der Waals surface area contributed by atoms with Crippen LogP contribution < -0.4 is 5.73 Å². The van der Waals surface area contributed by atoms with Crippen LogP contribution in [0.2, 0.25) is 0 Å². The SMILES string of the molecule is [NH]c1ccc(F)cn1. The van der Waals surface area contributed by atoms with E-state index in [2.05, 4.69) is 4.98 Å². The third kappa shape index (κ3) is 0.932. The third-order valence-corrected chi connectivity index (χ3v) is 0.727. The van der Waals surface area contributed by atoms with Gasteiger partial charge in [0.2, 0.25) is 0 Å². The number of hydrogen-bond acceptors (Lipinski definition) is 1. The van der Waals surface area contributed by atoms with Gasteiger partial charge < -0.3 is 0 Å². The zero-order valence-corrected chi connectivity index (χ0v) is 4.06. The number of aromatic nitrogens is 1. The molecule has 0 saturated carbocycles. The molecule has 0 unspecified atom stereocenters. The van der Waals surface area contributed by atoms with Crippen LogP contribution in [0.5, 0.6) is 0 Å². The molecule has 3 heteroatoms. The van der Waals surface area contributed by atoms with Crippen molar-refractivity contribution in [2.24, 2.45) is 0 Å². The molecular weight excluding hydrogens is 107 g/mol. The predicted molar refractivity (Wildman–Crippen MR) is 27.0 cm³/mol. The van der Waals surface area contributed by atoms with Crippen LogP contribution >= 0.6 is 0 Å². The molecule has 1 heterocycles. The van der Waals surface area contributed by atoms with Gasteiger partial charge in [0.25, 0.3) is 0 Å². The van der Waals surface area contributed by atoms with Crippen LogP contribution in [0.25, 0.3) is 0 Å². The van der Waals surface area contributed by atoms with Crippen molar-refractivity contribution in [2.45, 2.75) is 0 Å². The highest BCUT2D eigenvalue weighted by Crippen LogP contribution is 1.98. The Labute approximate surface area is 46.2 Å². The van der Waals surface area contributed by atoms with Gasteiger partial charge in [-0.2, -0.15) is 0 Å². The minimum absolute atomic E-state index is 0.0893. The molecule has 1 radical (unpaired) electrons. The van der Waals surface area contributed by atoms with E-state index in [0.29, 0.717) is 0 Å². The van der Waals surface area contributed by atoms with Gasteiger partial charge in [-0.3, -0.25) is 5.73 Å². The number of nitrogens with zero attached hydrogens (tertiary/aromatic N) is 1. The summed E-state index contributed by atoms with van der Waals surface area (Å²) in [6.45, 7) is 0. The van der Waals surface area contributed by atoms with E-state index in [1.807, 2.05) is 0 Å². The molecule has 0 aliphatic rings. The molecule has 0 amide bonds. The van der Waals surface area contributed by atoms with Gasteiger partial charge >= 0.3 is 0 Å². The summed E-state index contributed by atoms with van der Waals surface area (Å²) >= 11 is 0. The Bertz CT molecular complexity index is 149. The molecule has 0 atom stereocenters. The van der Waals surface area contributed by atoms with E-state index < -0.39 is 5.82 Å². The van der Waals surface area contributed by atoms with Crippen molar-refractivity contribution in [1.29, 1.82) is 0 Å². The fourth-order valence-corrected chi connectivity index (χ4v) is 0.376. The summed E-state index contributed by atoms with van der Waals surface area (Å²) in [7, 11) is 0. The molecule has 0 fully saturated rings. The van der Waals surface area contributed by atoms with Crippen molar-refractivity contribution in [2.75, 3.05) is 0 Å². The monoisotopic (exact) mass is 111 g/mol. The van der Waals surface area contributed by atoms with E-state index in [1.54, 1.807) is 0 Å². The smallest absolute Gasteiger partial charge is 0.144 e. The maximum Gasteiger partial charge on any atom is 0.144 e. The summed E-state index contributed by atoms with van der Waals surface area (Å²) in [6.07, 6.45) is 1.02. The number of nitrogens with one attached hydrogen (secondary N) is 1. The van der Waals surface area contributed by atoms with Gasteiger partial charge in [0, 0.05) is 0 Å². The Morgan fingerprint density at radius 1 is 1.50 bits per heavy atom. The van der Waals surface area contributed by atoms with Gasteiger partial charge in [-0.25, -0.2) is 9.37 Å². The molecule has 1 rings (SSSR count). The van der Waals surface area contributed by atoms with E-state index in [-0.39, 0.29) is 5.82 Å². The number of pyridine rings is 1. The predicted octanol–water partition coefficient (Wildman–Crippen LogP) is 1.14. The second kappa shape index (κ2) is 1.78. The van der Waals surface area contributed by atoms with Gasteiger partial charge in [0.1, 0.15) is 11.6 Å². The largest absolute Gasteiger partial charge is 0.283 e. The summed E-state index contributed by atoms with van der Waals surface area (Å²) in [5.74, 6) is -0.313. The first kappa shape index (κ1) is 5.03. The van der Waals surface area contributed by atoms with Gasteiger partial charge in [-0.1, -0.05) is 0 Å². The van der Waals surface area contributed by atoms with Crippen molar-refractivity contribution in [3.05, 3.63) is 24.1 Å². The molecule has 2 nitrogen and oxygen atoms in total. The summed E-state index contributed by atoms with van der Waals surface area (Å²) in [4.78, 5) is 3.37. The molecule has 1 aromatic rings. The molecule has 1 aromatic heterocycles. The molecule has 0 spiro atoms. The lowest BCUT2D eigenvalue weighted by Crippen LogP contribution is -1.77. The number of hydrogen-bond donors (Lipinski definition) is 0. The van der Waals surface area contributed by atoms with Gasteiger partial charge in [-0.05, 0) is 12.1 Å². The quantitative estimate of drug-likeness (QED) is 0.494. The fraction of sp³-hybridized carbons (Fsp3) is 0. The topological polar surface area (TPSA) is 36.7 Å². The molecule has 1 N–H and O–H groups in total. The lowest BCUT2D eigenvalue weighted by atomic mass is 10.5.